The molecule has 1 aromatic carbocycles. The van der Waals surface area contributed by atoms with E-state index in [9.17, 15) is 14.4 Å². The van der Waals surface area contributed by atoms with Crippen LogP contribution in [0, 0.1) is 0 Å². The summed E-state index contributed by atoms with van der Waals surface area (Å²) in [5.74, 6) is -0.819. The number of benzene rings is 1. The zero-order chi connectivity index (χ0) is 28.0. The number of aromatic nitrogens is 2. The molecule has 1 aliphatic heterocycles. The number of pyridine rings is 1. The fourth-order valence-electron chi connectivity index (χ4n) is 3.83. The van der Waals surface area contributed by atoms with Gasteiger partial charge in [0.05, 0.1) is 18.1 Å². The Hall–Kier alpha value is -3.68. The van der Waals surface area contributed by atoms with Gasteiger partial charge in [-0.25, -0.2) is 4.98 Å². The molecule has 4 rings (SSSR count). The third-order valence-electron chi connectivity index (χ3n) is 5.39. The monoisotopic (exact) mass is 510 g/mol. The van der Waals surface area contributed by atoms with Gasteiger partial charge in [0.2, 0.25) is 0 Å². The molecule has 0 spiro atoms. The highest BCUT2D eigenvalue weighted by atomic mass is 16.5. The number of nitrogens with zero attached hydrogens (tertiary/aromatic N) is 3. The Labute approximate surface area is 221 Å². The Morgan fingerprint density at radius 1 is 1.03 bits per heavy atom. The minimum Gasteiger partial charge on any atom is -0.496 e. The molecule has 0 aliphatic carbocycles. The molecule has 0 saturated carbocycles. The van der Waals surface area contributed by atoms with Gasteiger partial charge < -0.3 is 19.5 Å². The van der Waals surface area contributed by atoms with Crippen LogP contribution in [0.1, 0.15) is 75.6 Å². The molecule has 1 fully saturated rings. The average molecular weight is 511 g/mol. The highest BCUT2D eigenvalue weighted by Crippen LogP contribution is 2.28. The lowest BCUT2D eigenvalue weighted by Crippen LogP contribution is -2.56. The molecule has 3 aromatic rings. The standard InChI is InChI=1S/C22H22N4O4.C3H8.2C2H6/c1-14-13-25(21(28)15-6-4-3-5-7-15)10-11-26(14)22(29)19(27)16-12-24-20-18(16)17(30-2)8-9-23-20;1-3-2;2*1-2/h3-9,12,14H,10-11,13H2,1-2H3,(H,23,24);3H2,1-2H3;2*1-2H3/t14-;;;/m1.../s1. The third kappa shape index (κ3) is 7.65. The molecule has 8 heteroatoms. The van der Waals surface area contributed by atoms with Crippen LogP contribution in [0.25, 0.3) is 11.0 Å². The number of hydrogen-bond acceptors (Lipinski definition) is 5. The number of fused-ring (bicyclic) bond motifs is 1. The maximum Gasteiger partial charge on any atom is 0.295 e. The molecule has 0 unspecified atom stereocenters. The minimum atomic E-state index is -0.623. The van der Waals surface area contributed by atoms with Crippen molar-refractivity contribution in [3.63, 3.8) is 0 Å². The van der Waals surface area contributed by atoms with Gasteiger partial charge in [0.1, 0.15) is 11.4 Å². The highest BCUT2D eigenvalue weighted by Gasteiger charge is 2.34. The number of H-pyrrole nitrogens is 1. The lowest BCUT2D eigenvalue weighted by molar-refractivity contribution is -0.130. The van der Waals surface area contributed by atoms with Crippen LogP contribution in [0.15, 0.2) is 48.8 Å². The summed E-state index contributed by atoms with van der Waals surface area (Å²) < 4.78 is 5.32. The molecule has 1 aliphatic rings. The number of Topliss-reactive ketones (excluding diaryl/α,β-unsaturated/α-hetero) is 1. The molecule has 3 heterocycles. The van der Waals surface area contributed by atoms with Gasteiger partial charge in [-0.2, -0.15) is 0 Å². The zero-order valence-corrected chi connectivity index (χ0v) is 23.5. The molecule has 1 saturated heterocycles. The first-order chi connectivity index (χ1) is 17.9. The van der Waals surface area contributed by atoms with Crippen molar-refractivity contribution in [3.05, 3.63) is 59.9 Å². The topological polar surface area (TPSA) is 95.6 Å². The first-order valence-corrected chi connectivity index (χ1v) is 13.1. The third-order valence-corrected chi connectivity index (χ3v) is 5.39. The summed E-state index contributed by atoms with van der Waals surface area (Å²) in [4.78, 5) is 49.0. The first kappa shape index (κ1) is 31.4. The lowest BCUT2D eigenvalue weighted by Gasteiger charge is -2.39. The number of aromatic amines is 1. The van der Waals surface area contributed by atoms with Crippen molar-refractivity contribution in [2.75, 3.05) is 26.7 Å². The summed E-state index contributed by atoms with van der Waals surface area (Å²) in [7, 11) is 1.50. The van der Waals surface area contributed by atoms with Gasteiger partial charge in [-0.3, -0.25) is 14.4 Å². The Morgan fingerprint density at radius 2 is 1.65 bits per heavy atom. The van der Waals surface area contributed by atoms with Gasteiger partial charge in [-0.1, -0.05) is 66.2 Å². The van der Waals surface area contributed by atoms with Crippen molar-refractivity contribution in [1.29, 1.82) is 0 Å². The second-order valence-corrected chi connectivity index (χ2v) is 7.94. The Balaban J connectivity index is 0.000000894. The maximum absolute atomic E-state index is 13.0. The van der Waals surface area contributed by atoms with Gasteiger partial charge in [-0.05, 0) is 25.1 Å². The lowest BCUT2D eigenvalue weighted by atomic mass is 10.1. The second-order valence-electron chi connectivity index (χ2n) is 7.94. The number of rotatable bonds is 4. The maximum atomic E-state index is 13.0. The fraction of sp³-hybridized carbons (Fsp3) is 0.448. The van der Waals surface area contributed by atoms with Crippen LogP contribution in [-0.2, 0) is 4.79 Å². The number of carbonyl (C=O) groups excluding carboxylic acids is 3. The largest absolute Gasteiger partial charge is 0.496 e. The molecular formula is C29H42N4O4. The minimum absolute atomic E-state index is 0.0756. The van der Waals surface area contributed by atoms with Crippen LogP contribution >= 0.6 is 0 Å². The van der Waals surface area contributed by atoms with Crippen LogP contribution in [-0.4, -0.2) is 70.2 Å². The van der Waals surface area contributed by atoms with Crippen molar-refractivity contribution in [3.8, 4) is 5.75 Å². The highest BCUT2D eigenvalue weighted by molar-refractivity contribution is 6.45. The van der Waals surface area contributed by atoms with Crippen molar-refractivity contribution in [2.24, 2.45) is 0 Å². The smallest absolute Gasteiger partial charge is 0.295 e. The molecule has 8 nitrogen and oxygen atoms in total. The number of ketones is 1. The summed E-state index contributed by atoms with van der Waals surface area (Å²) in [6, 6.07) is 10.4. The van der Waals surface area contributed by atoms with E-state index in [1.165, 1.54) is 24.6 Å². The van der Waals surface area contributed by atoms with Gasteiger partial charge in [-0.15, -0.1) is 0 Å². The zero-order valence-electron chi connectivity index (χ0n) is 23.5. The van der Waals surface area contributed by atoms with E-state index in [1.807, 2.05) is 52.8 Å². The van der Waals surface area contributed by atoms with E-state index in [4.69, 9.17) is 4.74 Å². The Bertz CT molecular complexity index is 1130. The van der Waals surface area contributed by atoms with Crippen molar-refractivity contribution in [2.45, 2.75) is 60.9 Å². The van der Waals surface area contributed by atoms with Gasteiger partial charge in [0, 0.05) is 43.6 Å². The van der Waals surface area contributed by atoms with Gasteiger partial charge in [0.15, 0.2) is 0 Å². The van der Waals surface area contributed by atoms with E-state index in [-0.39, 0.29) is 17.5 Å². The Kier molecular flexibility index (Phi) is 13.7. The molecule has 1 N–H and O–H groups in total. The van der Waals surface area contributed by atoms with E-state index in [1.54, 1.807) is 29.3 Å². The van der Waals surface area contributed by atoms with Crippen LogP contribution < -0.4 is 4.74 Å². The number of hydrogen-bond donors (Lipinski definition) is 1. The second kappa shape index (κ2) is 16.1. The molecule has 2 amide bonds. The molecule has 37 heavy (non-hydrogen) atoms. The summed E-state index contributed by atoms with van der Waals surface area (Å²) in [6.45, 7) is 15.1. The number of carbonyl (C=O) groups is 3. The van der Waals surface area contributed by atoms with E-state index in [0.717, 1.165) is 0 Å². The van der Waals surface area contributed by atoms with Crippen molar-refractivity contribution < 1.29 is 19.1 Å². The fourth-order valence-corrected chi connectivity index (χ4v) is 3.83. The molecule has 2 aromatic heterocycles. The molecular weight excluding hydrogens is 468 g/mol. The number of nitrogens with one attached hydrogen (secondary N) is 1. The molecule has 0 radical (unpaired) electrons. The van der Waals surface area contributed by atoms with Gasteiger partial charge >= 0.3 is 0 Å². The van der Waals surface area contributed by atoms with Crippen LogP contribution in [0.3, 0.4) is 0 Å². The number of ether oxygens (including phenoxy) is 1. The van der Waals surface area contributed by atoms with Crippen LogP contribution in [0.5, 0.6) is 5.75 Å². The van der Waals surface area contributed by atoms with E-state index in [0.29, 0.717) is 42.0 Å². The quantitative estimate of drug-likeness (QED) is 0.364. The van der Waals surface area contributed by atoms with Gasteiger partial charge in [0.25, 0.3) is 17.6 Å². The summed E-state index contributed by atoms with van der Waals surface area (Å²) in [5.41, 5.74) is 1.32. The van der Waals surface area contributed by atoms with E-state index in [2.05, 4.69) is 23.8 Å². The first-order valence-electron chi connectivity index (χ1n) is 13.1. The average Bonchev–Trinajstić information content (AvgIpc) is 3.39. The van der Waals surface area contributed by atoms with Crippen LogP contribution in [0.2, 0.25) is 0 Å². The van der Waals surface area contributed by atoms with Crippen molar-refractivity contribution >= 4 is 28.6 Å². The van der Waals surface area contributed by atoms with E-state index < -0.39 is 11.7 Å². The predicted molar refractivity (Wildman–Crippen MR) is 149 cm³/mol. The summed E-state index contributed by atoms with van der Waals surface area (Å²) in [6.07, 6.45) is 4.30. The Morgan fingerprint density at radius 3 is 2.22 bits per heavy atom. The number of amides is 2. The number of piperazine rings is 1. The summed E-state index contributed by atoms with van der Waals surface area (Å²) in [5, 5.41) is 0.490. The van der Waals surface area contributed by atoms with Crippen LogP contribution in [0.4, 0.5) is 0 Å². The molecule has 0 bridgehead atoms. The summed E-state index contributed by atoms with van der Waals surface area (Å²) >= 11 is 0. The molecule has 202 valence electrons. The molecule has 1 atom stereocenters. The SMILES string of the molecule is CC.CC.CCC.COc1ccnc2[nH]cc(C(=O)C(=O)N3CCN(C(=O)c4ccccc4)C[C@H]3C)c12. The number of methoxy groups -OCH3 is 1. The van der Waals surface area contributed by atoms with E-state index >= 15 is 0 Å². The normalized spacial score (nSPS) is 14.2. The van der Waals surface area contributed by atoms with Crippen molar-refractivity contribution in [1.82, 2.24) is 19.8 Å². The predicted octanol–water partition coefficient (Wildman–Crippen LogP) is 5.60.